The van der Waals surface area contributed by atoms with Crippen molar-refractivity contribution in [3.05, 3.63) is 35.1 Å². The van der Waals surface area contributed by atoms with Crippen LogP contribution >= 0.6 is 23.1 Å². The molecule has 1 aromatic carbocycles. The van der Waals surface area contributed by atoms with Gasteiger partial charge in [-0.25, -0.2) is 4.39 Å². The Labute approximate surface area is 164 Å². The lowest BCUT2D eigenvalue weighted by Crippen LogP contribution is -2.25. The number of nitrogens with zero attached hydrogens (tertiary/aromatic N) is 5. The van der Waals surface area contributed by atoms with E-state index in [-0.39, 0.29) is 17.0 Å². The van der Waals surface area contributed by atoms with Gasteiger partial charge in [-0.15, -0.1) is 20.4 Å². The van der Waals surface area contributed by atoms with Gasteiger partial charge in [0, 0.05) is 12.1 Å². The van der Waals surface area contributed by atoms with E-state index in [9.17, 15) is 9.18 Å². The largest absolute Gasteiger partial charge is 0.302 e. The Morgan fingerprint density at radius 3 is 2.56 bits per heavy atom. The highest BCUT2D eigenvalue weighted by atomic mass is 32.2. The van der Waals surface area contributed by atoms with Gasteiger partial charge in [-0.2, -0.15) is 0 Å². The van der Waals surface area contributed by atoms with Gasteiger partial charge in [0.2, 0.25) is 11.0 Å². The monoisotopic (exact) mass is 406 g/mol. The van der Waals surface area contributed by atoms with Crippen LogP contribution in [-0.2, 0) is 11.3 Å². The Bertz CT molecular complexity index is 924. The van der Waals surface area contributed by atoms with Crippen molar-refractivity contribution in [1.82, 2.24) is 25.0 Å². The topological polar surface area (TPSA) is 85.6 Å². The molecule has 0 unspecified atom stereocenters. The van der Waals surface area contributed by atoms with E-state index in [1.807, 2.05) is 25.3 Å². The van der Waals surface area contributed by atoms with Gasteiger partial charge in [-0.3, -0.25) is 10.1 Å². The summed E-state index contributed by atoms with van der Waals surface area (Å²) in [5.74, 6) is 0.202. The van der Waals surface area contributed by atoms with Crippen LogP contribution in [-0.4, -0.2) is 36.1 Å². The summed E-state index contributed by atoms with van der Waals surface area (Å²) in [5, 5.41) is 20.7. The van der Waals surface area contributed by atoms with E-state index in [0.717, 1.165) is 10.6 Å². The Balaban J connectivity index is 1.78. The van der Waals surface area contributed by atoms with Gasteiger partial charge in [0.25, 0.3) is 0 Å². The summed E-state index contributed by atoms with van der Waals surface area (Å²) in [4.78, 5) is 12.6. The smallest absolute Gasteiger partial charge is 0.239 e. The summed E-state index contributed by atoms with van der Waals surface area (Å²) in [6.45, 7) is 6.39. The van der Waals surface area contributed by atoms with Gasteiger partial charge in [-0.05, 0) is 44.5 Å². The van der Waals surface area contributed by atoms with E-state index in [4.69, 9.17) is 0 Å². The fourth-order valence-corrected chi connectivity index (χ4v) is 4.07. The Morgan fingerprint density at radius 2 is 1.96 bits per heavy atom. The summed E-state index contributed by atoms with van der Waals surface area (Å²) in [7, 11) is 0. The predicted octanol–water partition coefficient (Wildman–Crippen LogP) is 3.77. The van der Waals surface area contributed by atoms with Gasteiger partial charge in [0.1, 0.15) is 10.8 Å². The lowest BCUT2D eigenvalue weighted by molar-refractivity contribution is -0.115. The zero-order chi connectivity index (χ0) is 19.4. The second-order valence-corrected chi connectivity index (χ2v) is 8.04. The lowest BCUT2D eigenvalue weighted by Gasteiger charge is -2.14. The average Bonchev–Trinajstić information content (AvgIpc) is 3.25. The highest BCUT2D eigenvalue weighted by Crippen LogP contribution is 2.29. The molecule has 1 amide bonds. The van der Waals surface area contributed by atoms with Gasteiger partial charge in [0.15, 0.2) is 11.0 Å². The average molecular weight is 407 g/mol. The fourth-order valence-electron chi connectivity index (χ4n) is 2.46. The van der Waals surface area contributed by atoms with E-state index >= 15 is 0 Å². The normalized spacial score (nSPS) is 12.1. The molecule has 0 radical (unpaired) electrons. The molecule has 0 aliphatic carbocycles. The fraction of sp³-hybridized carbons (Fsp3) is 0.353. The molecule has 1 N–H and O–H groups in total. The van der Waals surface area contributed by atoms with Crippen molar-refractivity contribution in [2.75, 3.05) is 5.32 Å². The number of aromatic nitrogens is 5. The number of hydrogen-bond acceptors (Lipinski definition) is 7. The number of thioether (sulfide) groups is 1. The predicted molar refractivity (Wildman–Crippen MR) is 104 cm³/mol. The molecule has 2 aromatic heterocycles. The number of anilines is 1. The first-order valence-corrected chi connectivity index (χ1v) is 10.2. The lowest BCUT2D eigenvalue weighted by atomic mass is 10.2. The quantitative estimate of drug-likeness (QED) is 0.601. The van der Waals surface area contributed by atoms with Crippen LogP contribution in [0.2, 0.25) is 0 Å². The van der Waals surface area contributed by atoms with Crippen LogP contribution < -0.4 is 5.32 Å². The van der Waals surface area contributed by atoms with Crippen LogP contribution in [0.15, 0.2) is 29.4 Å². The molecule has 27 heavy (non-hydrogen) atoms. The van der Waals surface area contributed by atoms with Gasteiger partial charge < -0.3 is 4.57 Å². The first-order valence-electron chi connectivity index (χ1n) is 8.48. The number of hydrogen-bond donors (Lipinski definition) is 1. The maximum atomic E-state index is 13.2. The van der Waals surface area contributed by atoms with Crippen molar-refractivity contribution in [2.45, 2.75) is 44.1 Å². The SMILES string of the molecule is CC[C@@H](Sc1nnc(-c2ccc(F)cc2)n1CC)C(=O)Nc1nnc(C)s1. The molecule has 0 saturated carbocycles. The highest BCUT2D eigenvalue weighted by molar-refractivity contribution is 8.00. The van der Waals surface area contributed by atoms with E-state index in [1.54, 1.807) is 12.1 Å². The van der Waals surface area contributed by atoms with Gasteiger partial charge in [0.05, 0.1) is 5.25 Å². The molecule has 0 spiro atoms. The zero-order valence-corrected chi connectivity index (χ0v) is 16.8. The van der Waals surface area contributed by atoms with Crippen molar-refractivity contribution in [1.29, 1.82) is 0 Å². The summed E-state index contributed by atoms with van der Waals surface area (Å²) < 4.78 is 15.1. The molecular weight excluding hydrogens is 387 g/mol. The van der Waals surface area contributed by atoms with Crippen molar-refractivity contribution < 1.29 is 9.18 Å². The number of nitrogens with one attached hydrogen (secondary N) is 1. The van der Waals surface area contributed by atoms with Gasteiger partial charge >= 0.3 is 0 Å². The van der Waals surface area contributed by atoms with Gasteiger partial charge in [-0.1, -0.05) is 30.0 Å². The minimum atomic E-state index is -0.343. The molecule has 1 atom stereocenters. The maximum absolute atomic E-state index is 13.2. The molecule has 0 fully saturated rings. The second-order valence-electron chi connectivity index (χ2n) is 5.69. The molecule has 0 bridgehead atoms. The third-order valence-electron chi connectivity index (χ3n) is 3.80. The Morgan fingerprint density at radius 1 is 1.22 bits per heavy atom. The molecule has 2 heterocycles. The van der Waals surface area contributed by atoms with Crippen LogP contribution in [0.3, 0.4) is 0 Å². The third-order valence-corrected chi connectivity index (χ3v) is 5.90. The minimum Gasteiger partial charge on any atom is -0.302 e. The van der Waals surface area contributed by atoms with Crippen LogP contribution in [0, 0.1) is 12.7 Å². The number of carbonyl (C=O) groups excluding carboxylic acids is 1. The van der Waals surface area contributed by atoms with E-state index in [2.05, 4.69) is 25.7 Å². The van der Waals surface area contributed by atoms with Crippen molar-refractivity contribution >= 4 is 34.1 Å². The number of rotatable bonds is 7. The summed E-state index contributed by atoms with van der Waals surface area (Å²) in [5.41, 5.74) is 0.777. The molecule has 10 heteroatoms. The number of aryl methyl sites for hydroxylation is 1. The zero-order valence-electron chi connectivity index (χ0n) is 15.1. The maximum Gasteiger partial charge on any atom is 0.239 e. The van der Waals surface area contributed by atoms with Crippen LogP contribution in [0.1, 0.15) is 25.3 Å². The molecule has 0 saturated heterocycles. The van der Waals surface area contributed by atoms with Crippen LogP contribution in [0.5, 0.6) is 0 Å². The Hall–Kier alpha value is -2.33. The van der Waals surface area contributed by atoms with E-state index < -0.39 is 0 Å². The molecule has 142 valence electrons. The van der Waals surface area contributed by atoms with Crippen molar-refractivity contribution in [2.24, 2.45) is 0 Å². The van der Waals surface area contributed by atoms with Crippen molar-refractivity contribution in [3.8, 4) is 11.4 Å². The first kappa shape index (κ1) is 19.4. The highest BCUT2D eigenvalue weighted by Gasteiger charge is 2.23. The molecular formula is C17H19FN6OS2. The third kappa shape index (κ3) is 4.51. The minimum absolute atomic E-state index is 0.146. The van der Waals surface area contributed by atoms with E-state index in [0.29, 0.717) is 29.1 Å². The van der Waals surface area contributed by atoms with E-state index in [1.165, 1.54) is 35.2 Å². The molecule has 0 aliphatic heterocycles. The summed E-state index contributed by atoms with van der Waals surface area (Å²) in [6, 6.07) is 6.12. The van der Waals surface area contributed by atoms with Crippen LogP contribution in [0.4, 0.5) is 9.52 Å². The molecule has 3 aromatic rings. The molecule has 3 rings (SSSR count). The summed E-state index contributed by atoms with van der Waals surface area (Å²) in [6.07, 6.45) is 0.622. The first-order chi connectivity index (χ1) is 13.0. The molecule has 7 nitrogen and oxygen atoms in total. The number of benzene rings is 1. The number of halogens is 1. The standard InChI is InChI=1S/C17H19FN6OS2/c1-4-13(15(25)19-16-22-20-10(3)26-16)27-17-23-21-14(24(17)5-2)11-6-8-12(18)9-7-11/h6-9,13H,4-5H2,1-3H3,(H,19,22,25)/t13-/m1/s1. The number of carbonyl (C=O) groups is 1. The van der Waals surface area contributed by atoms with Crippen molar-refractivity contribution in [3.63, 3.8) is 0 Å². The molecule has 0 aliphatic rings. The van der Waals surface area contributed by atoms with Crippen LogP contribution in [0.25, 0.3) is 11.4 Å². The number of amides is 1. The second kappa shape index (κ2) is 8.57. The summed E-state index contributed by atoms with van der Waals surface area (Å²) >= 11 is 2.69. The Kier molecular flexibility index (Phi) is 6.17.